The lowest BCUT2D eigenvalue weighted by molar-refractivity contribution is -0.113. The van der Waals surface area contributed by atoms with Gasteiger partial charge in [0.25, 0.3) is 0 Å². The van der Waals surface area contributed by atoms with Gasteiger partial charge in [0.2, 0.25) is 5.91 Å². The summed E-state index contributed by atoms with van der Waals surface area (Å²) in [5.41, 5.74) is 1.82. The second-order valence-corrected chi connectivity index (χ2v) is 7.41. The number of methoxy groups -OCH3 is 1. The van der Waals surface area contributed by atoms with E-state index in [1.807, 2.05) is 60.8 Å². The van der Waals surface area contributed by atoms with Crippen LogP contribution in [0, 0.1) is 0 Å². The number of aromatic nitrogens is 1. The lowest BCUT2D eigenvalue weighted by atomic mass is 10.2. The summed E-state index contributed by atoms with van der Waals surface area (Å²) < 4.78 is 10.6. The standard InChI is InChI=1S/C20H20N2O3S2/c1-3-25-16-6-4-14(5-7-16)18-12-27-20(21-18)22-19(23)13-26-17-10-8-15(24-2)9-11-17/h4-12H,3,13H2,1-2H3,(H,21,22,23). The van der Waals surface area contributed by atoms with Gasteiger partial charge in [-0.05, 0) is 55.5 Å². The van der Waals surface area contributed by atoms with Crippen LogP contribution < -0.4 is 14.8 Å². The number of hydrogen-bond donors (Lipinski definition) is 1. The molecule has 1 aromatic heterocycles. The molecule has 2 aromatic carbocycles. The van der Waals surface area contributed by atoms with E-state index >= 15 is 0 Å². The molecule has 5 nitrogen and oxygen atoms in total. The van der Waals surface area contributed by atoms with Crippen molar-refractivity contribution in [3.05, 3.63) is 53.9 Å². The third-order valence-electron chi connectivity index (χ3n) is 3.64. The van der Waals surface area contributed by atoms with Crippen molar-refractivity contribution < 1.29 is 14.3 Å². The van der Waals surface area contributed by atoms with Crippen LogP contribution in [0.2, 0.25) is 0 Å². The Morgan fingerprint density at radius 1 is 1.11 bits per heavy atom. The predicted molar refractivity (Wildman–Crippen MR) is 111 cm³/mol. The maximum absolute atomic E-state index is 12.2. The van der Waals surface area contributed by atoms with E-state index in [9.17, 15) is 4.79 Å². The number of benzene rings is 2. The minimum absolute atomic E-state index is 0.0802. The number of hydrogen-bond acceptors (Lipinski definition) is 6. The Labute approximate surface area is 166 Å². The molecular weight excluding hydrogens is 380 g/mol. The van der Waals surface area contributed by atoms with Crippen LogP contribution in [0.3, 0.4) is 0 Å². The minimum Gasteiger partial charge on any atom is -0.497 e. The molecule has 0 saturated heterocycles. The molecule has 0 radical (unpaired) electrons. The molecule has 3 rings (SSSR count). The Morgan fingerprint density at radius 3 is 2.48 bits per heavy atom. The third-order valence-corrected chi connectivity index (χ3v) is 5.41. The van der Waals surface area contributed by atoms with E-state index in [4.69, 9.17) is 9.47 Å². The van der Waals surface area contributed by atoms with Crippen LogP contribution in [0.15, 0.2) is 58.8 Å². The number of carbonyl (C=O) groups is 1. The first-order valence-corrected chi connectivity index (χ1v) is 10.3. The fraction of sp³-hybridized carbons (Fsp3) is 0.200. The topological polar surface area (TPSA) is 60.5 Å². The molecule has 140 valence electrons. The highest BCUT2D eigenvalue weighted by Gasteiger charge is 2.09. The van der Waals surface area contributed by atoms with Gasteiger partial charge in [0.1, 0.15) is 11.5 Å². The molecule has 0 aliphatic heterocycles. The van der Waals surface area contributed by atoms with Crippen LogP contribution in [0.1, 0.15) is 6.92 Å². The Morgan fingerprint density at radius 2 is 1.81 bits per heavy atom. The molecule has 0 fully saturated rings. The summed E-state index contributed by atoms with van der Waals surface area (Å²) in [5, 5.41) is 5.38. The van der Waals surface area contributed by atoms with Gasteiger partial charge in [0.05, 0.1) is 25.2 Å². The smallest absolute Gasteiger partial charge is 0.236 e. The van der Waals surface area contributed by atoms with Gasteiger partial charge < -0.3 is 14.8 Å². The average Bonchev–Trinajstić information content (AvgIpc) is 3.16. The van der Waals surface area contributed by atoms with Crippen LogP contribution in [-0.4, -0.2) is 30.4 Å². The Bertz CT molecular complexity index is 877. The van der Waals surface area contributed by atoms with Gasteiger partial charge >= 0.3 is 0 Å². The van der Waals surface area contributed by atoms with Gasteiger partial charge in [-0.15, -0.1) is 23.1 Å². The molecule has 1 N–H and O–H groups in total. The summed E-state index contributed by atoms with van der Waals surface area (Å²) >= 11 is 2.89. The van der Waals surface area contributed by atoms with Gasteiger partial charge in [-0.25, -0.2) is 4.98 Å². The number of thiazole rings is 1. The van der Waals surface area contributed by atoms with Gasteiger partial charge in [-0.2, -0.15) is 0 Å². The monoisotopic (exact) mass is 400 g/mol. The van der Waals surface area contributed by atoms with Crippen molar-refractivity contribution in [2.75, 3.05) is 24.8 Å². The van der Waals surface area contributed by atoms with Crippen molar-refractivity contribution in [1.82, 2.24) is 4.98 Å². The molecule has 1 amide bonds. The average molecular weight is 401 g/mol. The predicted octanol–water partition coefficient (Wildman–Crippen LogP) is 4.95. The third kappa shape index (κ3) is 5.48. The van der Waals surface area contributed by atoms with E-state index in [1.165, 1.54) is 23.1 Å². The second kappa shape index (κ2) is 9.43. The molecule has 0 bridgehead atoms. The Hall–Kier alpha value is -2.51. The molecule has 1 heterocycles. The summed E-state index contributed by atoms with van der Waals surface area (Å²) in [6.07, 6.45) is 0. The zero-order chi connectivity index (χ0) is 19.1. The van der Waals surface area contributed by atoms with Crippen LogP contribution in [0.4, 0.5) is 5.13 Å². The van der Waals surface area contributed by atoms with Crippen molar-refractivity contribution in [3.63, 3.8) is 0 Å². The molecule has 27 heavy (non-hydrogen) atoms. The second-order valence-electron chi connectivity index (χ2n) is 5.51. The zero-order valence-electron chi connectivity index (χ0n) is 15.1. The number of anilines is 1. The number of amides is 1. The molecule has 3 aromatic rings. The van der Waals surface area contributed by atoms with E-state index in [2.05, 4.69) is 10.3 Å². The molecule has 0 aliphatic rings. The molecule has 0 unspecified atom stereocenters. The lowest BCUT2D eigenvalue weighted by Crippen LogP contribution is -2.13. The minimum atomic E-state index is -0.0802. The van der Waals surface area contributed by atoms with E-state index in [0.29, 0.717) is 17.5 Å². The molecule has 7 heteroatoms. The molecule has 0 saturated carbocycles. The van der Waals surface area contributed by atoms with Gasteiger partial charge in [-0.3, -0.25) is 4.79 Å². The fourth-order valence-corrected chi connectivity index (χ4v) is 3.76. The number of ether oxygens (including phenoxy) is 2. The van der Waals surface area contributed by atoms with E-state index in [-0.39, 0.29) is 5.91 Å². The van der Waals surface area contributed by atoms with E-state index in [1.54, 1.807) is 7.11 Å². The van der Waals surface area contributed by atoms with Crippen molar-refractivity contribution >= 4 is 34.1 Å². The first kappa shape index (κ1) is 19.3. The van der Waals surface area contributed by atoms with E-state index in [0.717, 1.165) is 27.7 Å². The summed E-state index contributed by atoms with van der Waals surface area (Å²) in [5.74, 6) is 1.88. The number of rotatable bonds is 8. The van der Waals surface area contributed by atoms with Crippen molar-refractivity contribution in [3.8, 4) is 22.8 Å². The lowest BCUT2D eigenvalue weighted by Gasteiger charge is -2.04. The van der Waals surface area contributed by atoms with Crippen LogP contribution in [0.25, 0.3) is 11.3 Å². The number of nitrogens with one attached hydrogen (secondary N) is 1. The maximum atomic E-state index is 12.2. The molecule has 0 atom stereocenters. The first-order chi connectivity index (χ1) is 13.2. The Kier molecular flexibility index (Phi) is 6.73. The largest absolute Gasteiger partial charge is 0.497 e. The zero-order valence-corrected chi connectivity index (χ0v) is 16.7. The molecular formula is C20H20N2O3S2. The normalized spacial score (nSPS) is 10.4. The highest BCUT2D eigenvalue weighted by Crippen LogP contribution is 2.27. The summed E-state index contributed by atoms with van der Waals surface area (Å²) in [6.45, 7) is 2.59. The van der Waals surface area contributed by atoms with Crippen molar-refractivity contribution in [2.45, 2.75) is 11.8 Å². The highest BCUT2D eigenvalue weighted by atomic mass is 32.2. The summed E-state index contributed by atoms with van der Waals surface area (Å²) in [7, 11) is 1.63. The van der Waals surface area contributed by atoms with Crippen molar-refractivity contribution in [2.24, 2.45) is 0 Å². The Balaban J connectivity index is 1.54. The van der Waals surface area contributed by atoms with Gasteiger partial charge in [0.15, 0.2) is 5.13 Å². The summed E-state index contributed by atoms with van der Waals surface area (Å²) in [4.78, 5) is 17.7. The van der Waals surface area contributed by atoms with Crippen LogP contribution >= 0.6 is 23.1 Å². The molecule has 0 aliphatic carbocycles. The van der Waals surface area contributed by atoms with Crippen molar-refractivity contribution in [1.29, 1.82) is 0 Å². The summed E-state index contributed by atoms with van der Waals surface area (Å²) in [6, 6.07) is 15.4. The number of nitrogens with zero attached hydrogens (tertiary/aromatic N) is 1. The van der Waals surface area contributed by atoms with E-state index < -0.39 is 0 Å². The van der Waals surface area contributed by atoms with Crippen LogP contribution in [0.5, 0.6) is 11.5 Å². The highest BCUT2D eigenvalue weighted by molar-refractivity contribution is 8.00. The van der Waals surface area contributed by atoms with Gasteiger partial charge in [0, 0.05) is 15.8 Å². The molecule has 0 spiro atoms. The first-order valence-electron chi connectivity index (χ1n) is 8.43. The SMILES string of the molecule is CCOc1ccc(-c2csc(NC(=O)CSc3ccc(OC)cc3)n2)cc1. The van der Waals surface area contributed by atoms with Crippen LogP contribution in [-0.2, 0) is 4.79 Å². The maximum Gasteiger partial charge on any atom is 0.236 e. The fourth-order valence-electron chi connectivity index (χ4n) is 2.33. The van der Waals surface area contributed by atoms with Gasteiger partial charge in [-0.1, -0.05) is 0 Å². The number of carbonyl (C=O) groups excluding carboxylic acids is 1. The number of thioether (sulfide) groups is 1. The quantitative estimate of drug-likeness (QED) is 0.542.